The molecule has 0 radical (unpaired) electrons. The van der Waals surface area contributed by atoms with E-state index in [0.29, 0.717) is 42.5 Å². The summed E-state index contributed by atoms with van der Waals surface area (Å²) in [6.07, 6.45) is 14.3. The molecule has 8 heteroatoms. The molecule has 0 bridgehead atoms. The van der Waals surface area contributed by atoms with Gasteiger partial charge in [-0.3, -0.25) is 14.8 Å². The van der Waals surface area contributed by atoms with Gasteiger partial charge in [-0.05, 0) is 38.0 Å². The number of anilines is 1. The minimum atomic E-state index is -0.347. The van der Waals surface area contributed by atoms with Gasteiger partial charge in [-0.15, -0.1) is 0 Å². The average Bonchev–Trinajstić information content (AvgIpc) is 3.49. The van der Waals surface area contributed by atoms with E-state index < -0.39 is 0 Å². The summed E-state index contributed by atoms with van der Waals surface area (Å²) in [7, 11) is 0. The number of rotatable bonds is 11. The summed E-state index contributed by atoms with van der Waals surface area (Å²) in [5.74, 6) is 0.806. The van der Waals surface area contributed by atoms with Gasteiger partial charge in [-0.2, -0.15) is 0 Å². The molecule has 3 N–H and O–H groups in total. The lowest BCUT2D eigenvalue weighted by Crippen LogP contribution is -2.35. The van der Waals surface area contributed by atoms with Crippen LogP contribution in [0.15, 0.2) is 12.4 Å². The van der Waals surface area contributed by atoms with Crippen molar-refractivity contribution in [2.24, 2.45) is 5.92 Å². The second-order valence-electron chi connectivity index (χ2n) is 8.75. The highest BCUT2D eigenvalue weighted by Gasteiger charge is 2.40. The average molecular weight is 418 g/mol. The maximum atomic E-state index is 13.1. The molecule has 1 heterocycles. The van der Waals surface area contributed by atoms with E-state index in [9.17, 15) is 9.59 Å². The van der Waals surface area contributed by atoms with Crippen molar-refractivity contribution in [3.8, 4) is 0 Å². The first-order chi connectivity index (χ1) is 14.6. The summed E-state index contributed by atoms with van der Waals surface area (Å²) in [6, 6.07) is 0.741. The molecule has 3 rings (SSSR count). The summed E-state index contributed by atoms with van der Waals surface area (Å²) in [6.45, 7) is 2.88. The zero-order valence-electron chi connectivity index (χ0n) is 18.0. The minimum Gasteiger partial charge on any atom is -0.351 e. The van der Waals surface area contributed by atoms with Gasteiger partial charge in [-0.1, -0.05) is 39.0 Å². The first-order valence-corrected chi connectivity index (χ1v) is 11.4. The lowest BCUT2D eigenvalue weighted by Gasteiger charge is -2.24. The van der Waals surface area contributed by atoms with E-state index in [2.05, 4.69) is 22.2 Å². The van der Waals surface area contributed by atoms with Crippen LogP contribution < -0.4 is 10.8 Å². The fourth-order valence-corrected chi connectivity index (χ4v) is 4.24. The molecular formula is C22H35N5O3. The predicted octanol–water partition coefficient (Wildman–Crippen LogP) is 3.53. The molecule has 8 nitrogen and oxygen atoms in total. The van der Waals surface area contributed by atoms with E-state index in [1.165, 1.54) is 19.3 Å². The molecule has 2 aliphatic carbocycles. The monoisotopic (exact) mass is 417 g/mol. The lowest BCUT2D eigenvalue weighted by atomic mass is 9.96. The van der Waals surface area contributed by atoms with E-state index in [1.54, 1.807) is 17.9 Å². The van der Waals surface area contributed by atoms with Crippen LogP contribution in [-0.2, 0) is 4.79 Å². The summed E-state index contributed by atoms with van der Waals surface area (Å²) < 4.78 is 0. The fraction of sp³-hybridized carbons (Fsp3) is 0.727. The SMILES string of the molecule is C[C@@H]1CC1N(CCCCCCC(=O)NO)C(=O)c1cnc(NC2CCCCC2)nc1. The first-order valence-electron chi connectivity index (χ1n) is 11.4. The number of carbonyl (C=O) groups excluding carboxylic acids is 2. The molecule has 2 atom stereocenters. The van der Waals surface area contributed by atoms with Crippen molar-refractivity contribution in [1.82, 2.24) is 20.3 Å². The van der Waals surface area contributed by atoms with Crippen LogP contribution in [-0.4, -0.2) is 50.5 Å². The van der Waals surface area contributed by atoms with Crippen LogP contribution in [0.4, 0.5) is 5.95 Å². The molecule has 0 aliphatic heterocycles. The smallest absolute Gasteiger partial charge is 0.257 e. The van der Waals surface area contributed by atoms with Crippen molar-refractivity contribution in [2.75, 3.05) is 11.9 Å². The van der Waals surface area contributed by atoms with Crippen molar-refractivity contribution in [3.05, 3.63) is 18.0 Å². The second kappa shape index (κ2) is 11.2. The number of hydrogen-bond acceptors (Lipinski definition) is 6. The van der Waals surface area contributed by atoms with Crippen LogP contribution in [0.25, 0.3) is 0 Å². The second-order valence-corrected chi connectivity index (χ2v) is 8.75. The quantitative estimate of drug-likeness (QED) is 0.289. The molecule has 0 aromatic carbocycles. The van der Waals surface area contributed by atoms with Gasteiger partial charge in [0.1, 0.15) is 0 Å². The number of hydroxylamine groups is 1. The Kier molecular flexibility index (Phi) is 8.42. The van der Waals surface area contributed by atoms with Crippen LogP contribution in [0.2, 0.25) is 0 Å². The van der Waals surface area contributed by atoms with Crippen LogP contribution in [0, 0.1) is 5.92 Å². The number of nitrogens with zero attached hydrogens (tertiary/aromatic N) is 3. The van der Waals surface area contributed by atoms with Gasteiger partial charge in [0.25, 0.3) is 5.91 Å². The van der Waals surface area contributed by atoms with E-state index in [0.717, 1.165) is 44.9 Å². The Hall–Kier alpha value is -2.22. The molecule has 2 saturated carbocycles. The molecule has 0 spiro atoms. The fourth-order valence-electron chi connectivity index (χ4n) is 4.24. The third-order valence-corrected chi connectivity index (χ3v) is 6.24. The zero-order valence-corrected chi connectivity index (χ0v) is 18.0. The summed E-state index contributed by atoms with van der Waals surface area (Å²) in [5, 5.41) is 11.9. The first kappa shape index (κ1) is 22.5. The number of hydrogen-bond donors (Lipinski definition) is 3. The molecule has 1 aromatic rings. The van der Waals surface area contributed by atoms with Crippen LogP contribution in [0.5, 0.6) is 0 Å². The number of carbonyl (C=O) groups is 2. The zero-order chi connectivity index (χ0) is 21.3. The normalized spacial score (nSPS) is 21.1. The van der Waals surface area contributed by atoms with E-state index in [1.807, 2.05) is 4.90 Å². The molecule has 2 fully saturated rings. The Balaban J connectivity index is 1.47. The third kappa shape index (κ3) is 6.65. The van der Waals surface area contributed by atoms with Crippen molar-refractivity contribution in [3.63, 3.8) is 0 Å². The van der Waals surface area contributed by atoms with Gasteiger partial charge >= 0.3 is 0 Å². The topological polar surface area (TPSA) is 107 Å². The van der Waals surface area contributed by atoms with Crippen molar-refractivity contribution < 1.29 is 14.8 Å². The van der Waals surface area contributed by atoms with E-state index in [4.69, 9.17) is 5.21 Å². The van der Waals surface area contributed by atoms with Crippen molar-refractivity contribution in [2.45, 2.75) is 89.6 Å². The Bertz CT molecular complexity index is 691. The largest absolute Gasteiger partial charge is 0.351 e. The van der Waals surface area contributed by atoms with Gasteiger partial charge in [0, 0.05) is 37.4 Å². The highest BCUT2D eigenvalue weighted by molar-refractivity contribution is 5.94. The molecule has 2 amide bonds. The Morgan fingerprint density at radius 1 is 1.10 bits per heavy atom. The maximum Gasteiger partial charge on any atom is 0.257 e. The predicted molar refractivity (Wildman–Crippen MR) is 114 cm³/mol. The van der Waals surface area contributed by atoms with Crippen LogP contribution in [0.1, 0.15) is 87.9 Å². The van der Waals surface area contributed by atoms with Gasteiger partial charge in [-0.25, -0.2) is 15.4 Å². The Labute approximate surface area is 178 Å². The Morgan fingerprint density at radius 2 is 1.77 bits per heavy atom. The summed E-state index contributed by atoms with van der Waals surface area (Å²) >= 11 is 0. The number of amides is 2. The maximum absolute atomic E-state index is 13.1. The minimum absolute atomic E-state index is 0.00762. The van der Waals surface area contributed by atoms with Gasteiger partial charge in [0.2, 0.25) is 11.9 Å². The molecule has 1 unspecified atom stereocenters. The molecule has 30 heavy (non-hydrogen) atoms. The summed E-state index contributed by atoms with van der Waals surface area (Å²) in [4.78, 5) is 34.9. The van der Waals surface area contributed by atoms with Gasteiger partial charge in [0.05, 0.1) is 5.56 Å². The third-order valence-electron chi connectivity index (χ3n) is 6.24. The lowest BCUT2D eigenvalue weighted by molar-refractivity contribution is -0.129. The molecular weight excluding hydrogens is 382 g/mol. The van der Waals surface area contributed by atoms with E-state index in [-0.39, 0.29) is 11.8 Å². The van der Waals surface area contributed by atoms with Crippen molar-refractivity contribution >= 4 is 17.8 Å². The molecule has 1 aromatic heterocycles. The number of nitrogens with one attached hydrogen (secondary N) is 2. The number of aromatic nitrogens is 2. The standard InChI is InChI=1S/C22H35N5O3/c1-16-13-19(16)27(12-8-3-2-7-11-20(28)26-30)21(29)17-14-23-22(24-15-17)25-18-9-5-4-6-10-18/h14-16,18-19,30H,2-13H2,1H3,(H,26,28)(H,23,24,25)/t16-,19?/m1/s1. The molecule has 0 saturated heterocycles. The van der Waals surface area contributed by atoms with Gasteiger partial charge in [0.15, 0.2) is 0 Å². The van der Waals surface area contributed by atoms with Crippen LogP contribution >= 0.6 is 0 Å². The summed E-state index contributed by atoms with van der Waals surface area (Å²) in [5.41, 5.74) is 2.20. The Morgan fingerprint density at radius 3 is 2.40 bits per heavy atom. The van der Waals surface area contributed by atoms with Crippen LogP contribution in [0.3, 0.4) is 0 Å². The van der Waals surface area contributed by atoms with E-state index >= 15 is 0 Å². The number of unbranched alkanes of at least 4 members (excludes halogenated alkanes) is 3. The molecule has 166 valence electrons. The van der Waals surface area contributed by atoms with Gasteiger partial charge < -0.3 is 10.2 Å². The highest BCUT2D eigenvalue weighted by atomic mass is 16.5. The highest BCUT2D eigenvalue weighted by Crippen LogP contribution is 2.36. The van der Waals surface area contributed by atoms with Crippen molar-refractivity contribution in [1.29, 1.82) is 0 Å². The molecule has 2 aliphatic rings.